The van der Waals surface area contributed by atoms with Crippen LogP contribution in [0.25, 0.3) is 6.08 Å². The second-order valence-electron chi connectivity index (χ2n) is 5.30. The molecule has 0 aliphatic heterocycles. The molecule has 0 unspecified atom stereocenters. The normalized spacial score (nSPS) is 12.5. The third kappa shape index (κ3) is 5.07. The minimum Gasteiger partial charge on any atom is -0.456 e. The summed E-state index contributed by atoms with van der Waals surface area (Å²) in [5.74, 6) is -0.669. The van der Waals surface area contributed by atoms with E-state index in [-0.39, 0.29) is 12.2 Å². The van der Waals surface area contributed by atoms with Crippen molar-refractivity contribution >= 4 is 12.0 Å². The lowest BCUT2D eigenvalue weighted by Gasteiger charge is -2.11. The lowest BCUT2D eigenvalue weighted by Crippen LogP contribution is -2.20. The van der Waals surface area contributed by atoms with E-state index in [1.807, 2.05) is 36.4 Å². The maximum Gasteiger partial charge on any atom is 0.349 e. The van der Waals surface area contributed by atoms with Gasteiger partial charge in [-0.1, -0.05) is 30.3 Å². The molecular weight excluding hydrogens is 306 g/mol. The van der Waals surface area contributed by atoms with Gasteiger partial charge in [-0.3, -0.25) is 4.68 Å². The third-order valence-electron chi connectivity index (χ3n) is 3.20. The smallest absolute Gasteiger partial charge is 0.349 e. The summed E-state index contributed by atoms with van der Waals surface area (Å²) < 4.78 is 11.8. The molecule has 1 aromatic carbocycles. The Morgan fingerprint density at radius 3 is 2.83 bits per heavy atom. The molecule has 1 atom stereocenters. The molecule has 2 rings (SSSR count). The van der Waals surface area contributed by atoms with Crippen molar-refractivity contribution < 1.29 is 14.3 Å². The number of rotatable bonds is 7. The van der Waals surface area contributed by atoms with E-state index in [1.54, 1.807) is 24.0 Å². The van der Waals surface area contributed by atoms with E-state index in [2.05, 4.69) is 5.10 Å². The van der Waals surface area contributed by atoms with Crippen molar-refractivity contribution in [1.29, 1.82) is 5.26 Å². The van der Waals surface area contributed by atoms with Crippen molar-refractivity contribution in [2.45, 2.75) is 19.6 Å². The number of carbonyl (C=O) groups is 1. The van der Waals surface area contributed by atoms with Gasteiger partial charge in [-0.05, 0) is 18.6 Å². The number of methoxy groups -OCH3 is 1. The quantitative estimate of drug-likeness (QED) is 0.444. The number of aromatic nitrogens is 2. The second kappa shape index (κ2) is 8.65. The van der Waals surface area contributed by atoms with Gasteiger partial charge in [0.2, 0.25) is 0 Å². The van der Waals surface area contributed by atoms with Gasteiger partial charge in [0.25, 0.3) is 0 Å². The first-order chi connectivity index (χ1) is 11.6. The second-order valence-corrected chi connectivity index (χ2v) is 5.30. The maximum atomic E-state index is 12.0. The van der Waals surface area contributed by atoms with Crippen LogP contribution in [0.4, 0.5) is 0 Å². The van der Waals surface area contributed by atoms with E-state index in [4.69, 9.17) is 14.7 Å². The van der Waals surface area contributed by atoms with E-state index < -0.39 is 12.1 Å². The van der Waals surface area contributed by atoms with E-state index in [0.29, 0.717) is 12.1 Å². The SMILES string of the molecule is COC[C@@H](C)OC(=O)/C(C#N)=C/c1cnn(Cc2ccccc2)c1. The molecule has 0 bridgehead atoms. The monoisotopic (exact) mass is 325 g/mol. The van der Waals surface area contributed by atoms with Crippen LogP contribution in [0, 0.1) is 11.3 Å². The molecule has 0 saturated heterocycles. The number of benzene rings is 1. The van der Waals surface area contributed by atoms with Gasteiger partial charge in [0.05, 0.1) is 19.3 Å². The Morgan fingerprint density at radius 2 is 2.17 bits per heavy atom. The highest BCUT2D eigenvalue weighted by atomic mass is 16.6. The van der Waals surface area contributed by atoms with Crippen LogP contribution < -0.4 is 0 Å². The molecule has 124 valence electrons. The minimum absolute atomic E-state index is 0.0720. The van der Waals surface area contributed by atoms with Crippen LogP contribution >= 0.6 is 0 Å². The summed E-state index contributed by atoms with van der Waals surface area (Å²) in [4.78, 5) is 12.0. The first-order valence-electron chi connectivity index (χ1n) is 7.50. The zero-order chi connectivity index (χ0) is 17.4. The summed E-state index contributed by atoms with van der Waals surface area (Å²) in [6.45, 7) is 2.60. The standard InChI is InChI=1S/C18H19N3O3/c1-14(13-23-2)24-18(22)17(9-19)8-16-10-20-21(12-16)11-15-6-4-3-5-7-15/h3-8,10,12,14H,11,13H2,1-2H3/b17-8+/t14-/m1/s1. The van der Waals surface area contributed by atoms with Gasteiger partial charge in [-0.2, -0.15) is 10.4 Å². The zero-order valence-electron chi connectivity index (χ0n) is 13.7. The molecule has 0 saturated carbocycles. The predicted octanol–water partition coefficient (Wildman–Crippen LogP) is 2.42. The zero-order valence-corrected chi connectivity index (χ0v) is 13.7. The van der Waals surface area contributed by atoms with Gasteiger partial charge in [0.1, 0.15) is 17.7 Å². The maximum absolute atomic E-state index is 12.0. The van der Waals surface area contributed by atoms with Gasteiger partial charge < -0.3 is 9.47 Å². The molecule has 2 aromatic rings. The van der Waals surface area contributed by atoms with Gasteiger partial charge in [0.15, 0.2) is 0 Å². The molecule has 0 aliphatic carbocycles. The van der Waals surface area contributed by atoms with E-state index in [1.165, 1.54) is 13.2 Å². The molecule has 0 radical (unpaired) electrons. The topological polar surface area (TPSA) is 77.1 Å². The van der Waals surface area contributed by atoms with Crippen LogP contribution in [0.15, 0.2) is 48.3 Å². The van der Waals surface area contributed by atoms with Gasteiger partial charge >= 0.3 is 5.97 Å². The molecular formula is C18H19N3O3. The van der Waals surface area contributed by atoms with Crippen LogP contribution in [-0.4, -0.2) is 35.6 Å². The van der Waals surface area contributed by atoms with Crippen LogP contribution in [0.5, 0.6) is 0 Å². The van der Waals surface area contributed by atoms with Crippen LogP contribution in [0.2, 0.25) is 0 Å². The van der Waals surface area contributed by atoms with Crippen molar-refractivity contribution in [2.24, 2.45) is 0 Å². The Kier molecular flexibility index (Phi) is 6.29. The lowest BCUT2D eigenvalue weighted by atomic mass is 10.2. The molecule has 6 nitrogen and oxygen atoms in total. The summed E-state index contributed by atoms with van der Waals surface area (Å²) >= 11 is 0. The van der Waals surface area contributed by atoms with Gasteiger partial charge in [-0.25, -0.2) is 4.79 Å². The van der Waals surface area contributed by atoms with Crippen molar-refractivity contribution in [1.82, 2.24) is 9.78 Å². The van der Waals surface area contributed by atoms with Crippen LogP contribution in [0.1, 0.15) is 18.1 Å². The number of hydrogen-bond acceptors (Lipinski definition) is 5. The summed E-state index contributed by atoms with van der Waals surface area (Å²) in [6.07, 6.45) is 4.43. The van der Waals surface area contributed by atoms with Crippen LogP contribution in [-0.2, 0) is 20.8 Å². The Morgan fingerprint density at radius 1 is 1.42 bits per heavy atom. The number of nitrogens with zero attached hydrogens (tertiary/aromatic N) is 3. The number of carbonyl (C=O) groups excluding carboxylic acids is 1. The van der Waals surface area contributed by atoms with E-state index in [0.717, 1.165) is 5.56 Å². The highest BCUT2D eigenvalue weighted by Gasteiger charge is 2.15. The fraction of sp³-hybridized carbons (Fsp3) is 0.278. The molecule has 1 heterocycles. The highest BCUT2D eigenvalue weighted by molar-refractivity contribution is 5.97. The number of esters is 1. The van der Waals surface area contributed by atoms with Gasteiger partial charge in [0, 0.05) is 18.9 Å². The van der Waals surface area contributed by atoms with Crippen molar-refractivity contribution in [3.63, 3.8) is 0 Å². The number of nitriles is 1. The van der Waals surface area contributed by atoms with Crippen LogP contribution in [0.3, 0.4) is 0 Å². The largest absolute Gasteiger partial charge is 0.456 e. The summed E-state index contributed by atoms with van der Waals surface area (Å²) in [7, 11) is 1.52. The van der Waals surface area contributed by atoms with Crippen molar-refractivity contribution in [3.8, 4) is 6.07 Å². The Labute approximate surface area is 140 Å². The average molecular weight is 325 g/mol. The Balaban J connectivity index is 2.06. The molecule has 6 heteroatoms. The van der Waals surface area contributed by atoms with E-state index >= 15 is 0 Å². The molecule has 0 fully saturated rings. The first-order valence-corrected chi connectivity index (χ1v) is 7.50. The van der Waals surface area contributed by atoms with Crippen molar-refractivity contribution in [3.05, 3.63) is 59.4 Å². The number of ether oxygens (including phenoxy) is 2. The fourth-order valence-electron chi connectivity index (χ4n) is 2.13. The fourth-order valence-corrected chi connectivity index (χ4v) is 2.13. The Bertz CT molecular complexity index is 744. The molecule has 1 aromatic heterocycles. The number of hydrogen-bond donors (Lipinski definition) is 0. The average Bonchev–Trinajstić information content (AvgIpc) is 3.00. The van der Waals surface area contributed by atoms with E-state index in [9.17, 15) is 4.79 Å². The highest BCUT2D eigenvalue weighted by Crippen LogP contribution is 2.10. The molecule has 0 spiro atoms. The predicted molar refractivity (Wildman–Crippen MR) is 88.8 cm³/mol. The molecule has 0 N–H and O–H groups in total. The molecule has 0 amide bonds. The minimum atomic E-state index is -0.669. The van der Waals surface area contributed by atoms with Crippen molar-refractivity contribution in [2.75, 3.05) is 13.7 Å². The lowest BCUT2D eigenvalue weighted by molar-refractivity contribution is -0.145. The third-order valence-corrected chi connectivity index (χ3v) is 3.20. The summed E-state index contributed by atoms with van der Waals surface area (Å²) in [6, 6.07) is 11.8. The summed E-state index contributed by atoms with van der Waals surface area (Å²) in [5.41, 5.74) is 1.71. The molecule has 24 heavy (non-hydrogen) atoms. The first kappa shape index (κ1) is 17.4. The summed E-state index contributed by atoms with van der Waals surface area (Å²) in [5, 5.41) is 13.4. The Hall–Kier alpha value is -2.91. The molecule has 0 aliphatic rings. The van der Waals surface area contributed by atoms with Gasteiger partial charge in [-0.15, -0.1) is 0 Å².